The SMILES string of the molecule is N=C(N)c1cc(Oc2ccc(Br)cc2)ccc1C(F)(F)F. The second-order valence-corrected chi connectivity index (χ2v) is 5.09. The molecule has 3 N–H and O–H groups in total. The fraction of sp³-hybridized carbons (Fsp3) is 0.0714. The summed E-state index contributed by atoms with van der Waals surface area (Å²) in [6.45, 7) is 0. The maximum Gasteiger partial charge on any atom is 0.417 e. The number of benzene rings is 2. The zero-order valence-electron chi connectivity index (χ0n) is 10.5. The van der Waals surface area contributed by atoms with Crippen molar-refractivity contribution in [3.05, 3.63) is 58.1 Å². The van der Waals surface area contributed by atoms with Gasteiger partial charge in [-0.05, 0) is 42.5 Å². The summed E-state index contributed by atoms with van der Waals surface area (Å²) in [5.41, 5.74) is 3.85. The largest absolute Gasteiger partial charge is 0.457 e. The van der Waals surface area contributed by atoms with E-state index in [2.05, 4.69) is 15.9 Å². The minimum absolute atomic E-state index is 0.176. The average Bonchev–Trinajstić information content (AvgIpc) is 2.40. The molecule has 110 valence electrons. The van der Waals surface area contributed by atoms with Crippen LogP contribution in [0.3, 0.4) is 0 Å². The molecular weight excluding hydrogens is 349 g/mol. The van der Waals surface area contributed by atoms with Gasteiger partial charge in [-0.1, -0.05) is 15.9 Å². The van der Waals surface area contributed by atoms with Gasteiger partial charge in [0.1, 0.15) is 17.3 Å². The Morgan fingerprint density at radius 1 is 1.05 bits per heavy atom. The van der Waals surface area contributed by atoms with Crippen molar-refractivity contribution in [3.63, 3.8) is 0 Å². The summed E-state index contributed by atoms with van der Waals surface area (Å²) in [6, 6.07) is 9.95. The van der Waals surface area contributed by atoms with E-state index in [4.69, 9.17) is 15.9 Å². The highest BCUT2D eigenvalue weighted by Gasteiger charge is 2.34. The van der Waals surface area contributed by atoms with Crippen molar-refractivity contribution >= 4 is 21.8 Å². The molecule has 0 saturated heterocycles. The molecule has 0 saturated carbocycles. The fourth-order valence-electron chi connectivity index (χ4n) is 1.70. The monoisotopic (exact) mass is 358 g/mol. The van der Waals surface area contributed by atoms with E-state index < -0.39 is 23.1 Å². The molecule has 0 aliphatic heterocycles. The summed E-state index contributed by atoms with van der Waals surface area (Å²) in [5.74, 6) is -0.0217. The minimum Gasteiger partial charge on any atom is -0.457 e. The third-order valence-electron chi connectivity index (χ3n) is 2.64. The maximum absolute atomic E-state index is 12.8. The molecule has 0 bridgehead atoms. The van der Waals surface area contributed by atoms with Crippen LogP contribution in [0.15, 0.2) is 46.9 Å². The molecule has 0 aliphatic rings. The molecule has 0 heterocycles. The number of hydrogen-bond donors (Lipinski definition) is 2. The molecule has 7 heteroatoms. The third-order valence-corrected chi connectivity index (χ3v) is 3.16. The lowest BCUT2D eigenvalue weighted by Crippen LogP contribution is -2.18. The second-order valence-electron chi connectivity index (χ2n) is 4.17. The number of nitrogens with two attached hydrogens (primary N) is 1. The number of halogens is 4. The van der Waals surface area contributed by atoms with Crippen molar-refractivity contribution in [2.45, 2.75) is 6.18 Å². The zero-order valence-corrected chi connectivity index (χ0v) is 12.1. The lowest BCUT2D eigenvalue weighted by molar-refractivity contribution is -0.137. The van der Waals surface area contributed by atoms with Crippen molar-refractivity contribution in [2.24, 2.45) is 5.73 Å². The molecule has 2 aromatic carbocycles. The van der Waals surface area contributed by atoms with Gasteiger partial charge in [0.05, 0.1) is 5.56 Å². The van der Waals surface area contributed by atoms with Crippen LogP contribution in [-0.2, 0) is 6.18 Å². The van der Waals surface area contributed by atoms with Gasteiger partial charge >= 0.3 is 6.18 Å². The molecule has 21 heavy (non-hydrogen) atoms. The van der Waals surface area contributed by atoms with E-state index in [1.54, 1.807) is 24.3 Å². The molecule has 0 fully saturated rings. The first-order chi connectivity index (χ1) is 9.77. The lowest BCUT2D eigenvalue weighted by Gasteiger charge is -2.14. The van der Waals surface area contributed by atoms with Crippen LogP contribution in [0.25, 0.3) is 0 Å². The lowest BCUT2D eigenvalue weighted by atomic mass is 10.1. The van der Waals surface area contributed by atoms with E-state index in [0.29, 0.717) is 5.75 Å². The highest BCUT2D eigenvalue weighted by atomic mass is 79.9. The number of ether oxygens (including phenoxy) is 1. The number of nitrogens with one attached hydrogen (secondary N) is 1. The molecule has 2 aromatic rings. The van der Waals surface area contributed by atoms with Gasteiger partial charge < -0.3 is 10.5 Å². The number of alkyl halides is 3. The summed E-state index contributed by atoms with van der Waals surface area (Å²) in [7, 11) is 0. The molecule has 0 atom stereocenters. The van der Waals surface area contributed by atoms with Crippen molar-refractivity contribution in [2.75, 3.05) is 0 Å². The first-order valence-electron chi connectivity index (χ1n) is 5.76. The first kappa shape index (κ1) is 15.4. The van der Waals surface area contributed by atoms with Crippen LogP contribution in [0.1, 0.15) is 11.1 Å². The van der Waals surface area contributed by atoms with Gasteiger partial charge in [-0.2, -0.15) is 13.2 Å². The van der Waals surface area contributed by atoms with Crippen LogP contribution in [0.2, 0.25) is 0 Å². The Bertz CT molecular complexity index is 669. The highest BCUT2D eigenvalue weighted by molar-refractivity contribution is 9.10. The van der Waals surface area contributed by atoms with Crippen LogP contribution in [0.4, 0.5) is 13.2 Å². The predicted octanol–water partition coefficient (Wildman–Crippen LogP) is 4.54. The van der Waals surface area contributed by atoms with Crippen molar-refractivity contribution < 1.29 is 17.9 Å². The van der Waals surface area contributed by atoms with Crippen LogP contribution >= 0.6 is 15.9 Å². The van der Waals surface area contributed by atoms with Crippen LogP contribution in [0, 0.1) is 5.41 Å². The highest BCUT2D eigenvalue weighted by Crippen LogP contribution is 2.34. The molecule has 0 radical (unpaired) electrons. The second kappa shape index (κ2) is 5.77. The minimum atomic E-state index is -4.57. The summed E-state index contributed by atoms with van der Waals surface area (Å²) < 4.78 is 44.7. The Hall–Kier alpha value is -2.02. The third kappa shape index (κ3) is 3.75. The number of hydrogen-bond acceptors (Lipinski definition) is 2. The Labute approximate surface area is 127 Å². The molecule has 0 aliphatic carbocycles. The number of nitrogen functional groups attached to an aromatic ring is 1. The molecule has 0 amide bonds. The maximum atomic E-state index is 12.8. The summed E-state index contributed by atoms with van der Waals surface area (Å²) >= 11 is 3.27. The topological polar surface area (TPSA) is 59.1 Å². The van der Waals surface area contributed by atoms with Gasteiger partial charge in [0.25, 0.3) is 0 Å². The smallest absolute Gasteiger partial charge is 0.417 e. The van der Waals surface area contributed by atoms with Crippen LogP contribution < -0.4 is 10.5 Å². The van der Waals surface area contributed by atoms with Crippen molar-refractivity contribution in [1.29, 1.82) is 5.41 Å². The van der Waals surface area contributed by atoms with Crippen molar-refractivity contribution in [3.8, 4) is 11.5 Å². The van der Waals surface area contributed by atoms with Crippen molar-refractivity contribution in [1.82, 2.24) is 0 Å². The normalized spacial score (nSPS) is 11.2. The van der Waals surface area contributed by atoms with E-state index in [1.807, 2.05) is 0 Å². The van der Waals surface area contributed by atoms with Gasteiger partial charge in [-0.25, -0.2) is 0 Å². The van der Waals surface area contributed by atoms with Gasteiger partial charge in [-0.3, -0.25) is 5.41 Å². The van der Waals surface area contributed by atoms with E-state index in [0.717, 1.165) is 16.6 Å². The molecule has 0 spiro atoms. The Morgan fingerprint density at radius 2 is 1.62 bits per heavy atom. The van der Waals surface area contributed by atoms with E-state index in [9.17, 15) is 13.2 Å². The summed E-state index contributed by atoms with van der Waals surface area (Å²) in [5, 5.41) is 7.28. The Balaban J connectivity index is 2.36. The Kier molecular flexibility index (Phi) is 4.22. The molecule has 0 aromatic heterocycles. The molecular formula is C14H10BrF3N2O. The van der Waals surface area contributed by atoms with Crippen LogP contribution in [0.5, 0.6) is 11.5 Å². The quantitative estimate of drug-likeness (QED) is 0.624. The van der Waals surface area contributed by atoms with Crippen LogP contribution in [-0.4, -0.2) is 5.84 Å². The van der Waals surface area contributed by atoms with E-state index in [1.165, 1.54) is 6.07 Å². The standard InChI is InChI=1S/C14H10BrF3N2O/c15-8-1-3-9(4-2-8)21-10-5-6-12(14(16,17)18)11(7-10)13(19)20/h1-7H,(H3,19,20). The molecule has 0 unspecified atom stereocenters. The molecule has 3 nitrogen and oxygen atoms in total. The summed E-state index contributed by atoms with van der Waals surface area (Å²) in [4.78, 5) is 0. The number of amidine groups is 1. The van der Waals surface area contributed by atoms with E-state index in [-0.39, 0.29) is 5.75 Å². The molecule has 2 rings (SSSR count). The van der Waals surface area contributed by atoms with Gasteiger partial charge in [0.2, 0.25) is 0 Å². The zero-order chi connectivity index (χ0) is 15.6. The number of rotatable bonds is 3. The summed E-state index contributed by atoms with van der Waals surface area (Å²) in [6.07, 6.45) is -4.57. The van der Waals surface area contributed by atoms with Gasteiger partial charge in [0.15, 0.2) is 0 Å². The first-order valence-corrected chi connectivity index (χ1v) is 6.56. The Morgan fingerprint density at radius 3 is 2.14 bits per heavy atom. The fourth-order valence-corrected chi connectivity index (χ4v) is 1.96. The predicted molar refractivity (Wildman–Crippen MR) is 76.7 cm³/mol. The van der Waals surface area contributed by atoms with Gasteiger partial charge in [-0.15, -0.1) is 0 Å². The average molecular weight is 359 g/mol. The van der Waals surface area contributed by atoms with E-state index >= 15 is 0 Å². The van der Waals surface area contributed by atoms with Gasteiger partial charge in [0, 0.05) is 10.0 Å².